The van der Waals surface area contributed by atoms with Crippen LogP contribution >= 0.6 is 11.6 Å². The molecule has 0 amide bonds. The van der Waals surface area contributed by atoms with Gasteiger partial charge in [0.2, 0.25) is 0 Å². The topological polar surface area (TPSA) is 29.3 Å². The summed E-state index contributed by atoms with van der Waals surface area (Å²) in [5.74, 6) is -0.330. The summed E-state index contributed by atoms with van der Waals surface area (Å²) in [5, 5.41) is 0.400. The van der Waals surface area contributed by atoms with Crippen molar-refractivity contribution in [3.05, 3.63) is 47.3 Å². The van der Waals surface area contributed by atoms with Crippen molar-refractivity contribution in [2.45, 2.75) is 31.3 Å². The highest BCUT2D eigenvalue weighted by molar-refractivity contribution is 6.30. The molecule has 1 heterocycles. The first-order chi connectivity index (χ1) is 9.11. The number of hydrogen-bond donors (Lipinski definition) is 1. The molecule has 2 atom stereocenters. The maximum atomic E-state index is 13.4. The number of nitrogens with two attached hydrogens (primary N) is 1. The zero-order valence-electron chi connectivity index (χ0n) is 11.0. The molecule has 2 N–H and O–H groups in total. The summed E-state index contributed by atoms with van der Waals surface area (Å²) in [6, 6.07) is 4.56. The molecule has 0 unspecified atom stereocenters. The molecule has 0 spiro atoms. The van der Waals surface area contributed by atoms with Gasteiger partial charge >= 0.3 is 0 Å². The highest BCUT2D eigenvalue weighted by Gasteiger charge is 2.28. The molecule has 2 rings (SSSR count). The van der Waals surface area contributed by atoms with Gasteiger partial charge in [0, 0.05) is 23.7 Å². The second kappa shape index (κ2) is 6.51. The van der Waals surface area contributed by atoms with Crippen LogP contribution in [0.25, 0.3) is 0 Å². The number of piperidine rings is 1. The maximum absolute atomic E-state index is 13.4. The van der Waals surface area contributed by atoms with Gasteiger partial charge in [0.1, 0.15) is 5.82 Å². The molecule has 104 valence electrons. The lowest BCUT2D eigenvalue weighted by Crippen LogP contribution is -2.45. The molecule has 0 saturated carbocycles. The number of nitrogens with zero attached hydrogens (tertiary/aromatic N) is 1. The molecule has 0 aromatic heterocycles. The molecule has 0 bridgehead atoms. The van der Waals surface area contributed by atoms with E-state index in [9.17, 15) is 4.39 Å². The maximum Gasteiger partial charge on any atom is 0.125 e. The summed E-state index contributed by atoms with van der Waals surface area (Å²) in [6.07, 6.45) is 5.27. The number of likely N-dealkylation sites (tertiary alicyclic amines) is 1. The van der Waals surface area contributed by atoms with Crippen LogP contribution in [0.4, 0.5) is 4.39 Å². The average Bonchev–Trinajstić information content (AvgIpc) is 2.38. The Balaban J connectivity index is 2.20. The van der Waals surface area contributed by atoms with Crippen molar-refractivity contribution in [3.63, 3.8) is 0 Å². The van der Waals surface area contributed by atoms with Gasteiger partial charge in [-0.2, -0.15) is 0 Å². The molecule has 1 aliphatic heterocycles. The van der Waals surface area contributed by atoms with Crippen LogP contribution in [0, 0.1) is 5.82 Å². The largest absolute Gasteiger partial charge is 0.323 e. The Morgan fingerprint density at radius 3 is 2.95 bits per heavy atom. The van der Waals surface area contributed by atoms with Crippen LogP contribution in [0.5, 0.6) is 0 Å². The molecular formula is C15H20ClFN2. The number of hydrogen-bond acceptors (Lipinski definition) is 2. The number of benzene rings is 1. The van der Waals surface area contributed by atoms with E-state index in [1.165, 1.54) is 18.6 Å². The first-order valence-corrected chi connectivity index (χ1v) is 7.06. The van der Waals surface area contributed by atoms with Gasteiger partial charge in [-0.05, 0) is 43.1 Å². The fourth-order valence-corrected chi connectivity index (χ4v) is 3.04. The van der Waals surface area contributed by atoms with Crippen LogP contribution in [0.15, 0.2) is 30.9 Å². The predicted molar refractivity (Wildman–Crippen MR) is 77.7 cm³/mol. The van der Waals surface area contributed by atoms with Crippen LogP contribution in [-0.2, 0) is 0 Å². The summed E-state index contributed by atoms with van der Waals surface area (Å²) in [5.41, 5.74) is 7.10. The minimum atomic E-state index is -0.330. The van der Waals surface area contributed by atoms with E-state index >= 15 is 0 Å². The highest BCUT2D eigenvalue weighted by atomic mass is 35.5. The van der Waals surface area contributed by atoms with Gasteiger partial charge in [-0.15, -0.1) is 6.58 Å². The first kappa shape index (κ1) is 14.5. The molecule has 0 radical (unpaired) electrons. The molecule has 4 heteroatoms. The van der Waals surface area contributed by atoms with Gasteiger partial charge in [0.15, 0.2) is 0 Å². The highest BCUT2D eigenvalue weighted by Crippen LogP contribution is 2.28. The summed E-state index contributed by atoms with van der Waals surface area (Å²) in [6.45, 7) is 5.63. The van der Waals surface area contributed by atoms with Gasteiger partial charge < -0.3 is 5.73 Å². The number of halogens is 2. The van der Waals surface area contributed by atoms with Gasteiger partial charge in [0.25, 0.3) is 0 Å². The smallest absolute Gasteiger partial charge is 0.125 e. The van der Waals surface area contributed by atoms with Crippen molar-refractivity contribution in [2.24, 2.45) is 5.73 Å². The molecule has 1 aliphatic rings. The van der Waals surface area contributed by atoms with Crippen LogP contribution in [0.3, 0.4) is 0 Å². The van der Waals surface area contributed by atoms with E-state index in [-0.39, 0.29) is 17.9 Å². The molecule has 19 heavy (non-hydrogen) atoms. The summed E-state index contributed by atoms with van der Waals surface area (Å²) < 4.78 is 13.4. The third-order valence-electron chi connectivity index (χ3n) is 3.71. The van der Waals surface area contributed by atoms with E-state index in [0.29, 0.717) is 5.02 Å². The van der Waals surface area contributed by atoms with E-state index in [2.05, 4.69) is 11.5 Å². The quantitative estimate of drug-likeness (QED) is 0.856. The lowest BCUT2D eigenvalue weighted by molar-refractivity contribution is 0.141. The van der Waals surface area contributed by atoms with Crippen molar-refractivity contribution in [3.8, 4) is 0 Å². The Morgan fingerprint density at radius 1 is 1.47 bits per heavy atom. The Morgan fingerprint density at radius 2 is 2.26 bits per heavy atom. The second-order valence-electron chi connectivity index (χ2n) is 5.08. The predicted octanol–water partition coefficient (Wildman–Crippen LogP) is 3.52. The summed E-state index contributed by atoms with van der Waals surface area (Å²) in [7, 11) is 0. The van der Waals surface area contributed by atoms with E-state index in [1.807, 2.05) is 6.08 Å². The molecular weight excluding hydrogens is 263 g/mol. The van der Waals surface area contributed by atoms with Crippen molar-refractivity contribution in [1.82, 2.24) is 4.90 Å². The summed E-state index contributed by atoms with van der Waals surface area (Å²) >= 11 is 5.91. The van der Waals surface area contributed by atoms with Crippen molar-refractivity contribution in [2.75, 3.05) is 13.1 Å². The molecule has 1 aromatic rings. The minimum absolute atomic E-state index is 0.214. The van der Waals surface area contributed by atoms with Crippen molar-refractivity contribution >= 4 is 11.6 Å². The second-order valence-corrected chi connectivity index (χ2v) is 5.51. The minimum Gasteiger partial charge on any atom is -0.323 e. The first-order valence-electron chi connectivity index (χ1n) is 6.68. The standard InChI is InChI=1S/C15H20ClFN2/c1-2-6-19-7-4-3-5-14(19)15(18)11-8-12(16)10-13(17)9-11/h2,8-10,14-15H,1,3-7,18H2/t14-,15-/m0/s1. The zero-order valence-corrected chi connectivity index (χ0v) is 11.7. The molecule has 1 saturated heterocycles. The van der Waals surface area contributed by atoms with E-state index in [1.54, 1.807) is 6.07 Å². The Hall–Kier alpha value is -0.900. The third kappa shape index (κ3) is 3.56. The summed E-state index contributed by atoms with van der Waals surface area (Å²) in [4.78, 5) is 2.32. The molecule has 0 aliphatic carbocycles. The van der Waals surface area contributed by atoms with Crippen molar-refractivity contribution in [1.29, 1.82) is 0 Å². The van der Waals surface area contributed by atoms with Gasteiger partial charge in [-0.3, -0.25) is 4.90 Å². The van der Waals surface area contributed by atoms with E-state index < -0.39 is 0 Å². The fraction of sp³-hybridized carbons (Fsp3) is 0.467. The SMILES string of the molecule is C=CCN1CCCC[C@H]1[C@@H](N)c1cc(F)cc(Cl)c1. The Labute approximate surface area is 119 Å². The van der Waals surface area contributed by atoms with Crippen molar-refractivity contribution < 1.29 is 4.39 Å². The average molecular weight is 283 g/mol. The lowest BCUT2D eigenvalue weighted by atomic mass is 9.91. The van der Waals surface area contributed by atoms with Crippen LogP contribution in [0.1, 0.15) is 30.9 Å². The van der Waals surface area contributed by atoms with E-state index in [0.717, 1.165) is 31.5 Å². The zero-order chi connectivity index (χ0) is 13.8. The van der Waals surface area contributed by atoms with Crippen LogP contribution in [-0.4, -0.2) is 24.0 Å². The van der Waals surface area contributed by atoms with E-state index in [4.69, 9.17) is 17.3 Å². The lowest BCUT2D eigenvalue weighted by Gasteiger charge is -2.38. The third-order valence-corrected chi connectivity index (χ3v) is 3.93. The Bertz CT molecular complexity index is 430. The van der Waals surface area contributed by atoms with Gasteiger partial charge in [0.05, 0.1) is 0 Å². The number of rotatable bonds is 4. The normalized spacial score (nSPS) is 22.2. The fourth-order valence-electron chi connectivity index (χ4n) is 2.81. The molecule has 2 nitrogen and oxygen atoms in total. The molecule has 1 fully saturated rings. The van der Waals surface area contributed by atoms with Gasteiger partial charge in [-0.1, -0.05) is 24.1 Å². The monoisotopic (exact) mass is 282 g/mol. The molecule has 1 aromatic carbocycles. The Kier molecular flexibility index (Phi) is 4.97. The van der Waals surface area contributed by atoms with Crippen LogP contribution < -0.4 is 5.73 Å². The van der Waals surface area contributed by atoms with Gasteiger partial charge in [-0.25, -0.2) is 4.39 Å². The van der Waals surface area contributed by atoms with Crippen LogP contribution in [0.2, 0.25) is 5.02 Å².